The Morgan fingerprint density at radius 3 is 2.42 bits per heavy atom. The number of amides is 1. The van der Waals surface area contributed by atoms with E-state index in [2.05, 4.69) is 10.3 Å². The van der Waals surface area contributed by atoms with Crippen LogP contribution in [0.15, 0.2) is 42.6 Å². The van der Waals surface area contributed by atoms with Crippen LogP contribution in [0.5, 0.6) is 0 Å². The minimum Gasteiger partial charge on any atom is -0.456 e. The molecule has 24 heavy (non-hydrogen) atoms. The Hall–Kier alpha value is -2.44. The van der Waals surface area contributed by atoms with Gasteiger partial charge in [-0.3, -0.25) is 19.4 Å². The summed E-state index contributed by atoms with van der Waals surface area (Å²) in [6.45, 7) is -0.813. The van der Waals surface area contributed by atoms with Crippen LogP contribution in [-0.2, 0) is 9.53 Å². The van der Waals surface area contributed by atoms with Gasteiger partial charge in [-0.05, 0) is 36.4 Å². The van der Waals surface area contributed by atoms with Gasteiger partial charge in [0.1, 0.15) is 12.2 Å². The van der Waals surface area contributed by atoms with E-state index in [0.29, 0.717) is 15.6 Å². The van der Waals surface area contributed by atoms with E-state index < -0.39 is 18.5 Å². The molecule has 0 bridgehead atoms. The molecule has 2 rings (SSSR count). The molecule has 1 aromatic heterocycles. The third kappa shape index (κ3) is 5.33. The standard InChI is InChI=1S/C16H12Cl2N2O4/c17-11-3-1-10(2-4-11)14(21)9-24-15(22)8-20-16(23)13-7-12(18)5-6-19-13/h1-7H,8-9H2,(H,20,23). The predicted octanol–water partition coefficient (Wildman–Crippen LogP) is 2.54. The Kier molecular flexibility index (Phi) is 6.28. The number of nitrogens with one attached hydrogen (secondary N) is 1. The van der Waals surface area contributed by atoms with E-state index in [-0.39, 0.29) is 18.0 Å². The van der Waals surface area contributed by atoms with Crippen LogP contribution in [0, 0.1) is 0 Å². The zero-order valence-corrected chi connectivity index (χ0v) is 13.8. The molecule has 0 radical (unpaired) electrons. The van der Waals surface area contributed by atoms with E-state index >= 15 is 0 Å². The average molecular weight is 367 g/mol. The number of esters is 1. The van der Waals surface area contributed by atoms with Gasteiger partial charge in [-0.1, -0.05) is 23.2 Å². The lowest BCUT2D eigenvalue weighted by Crippen LogP contribution is -2.32. The molecule has 1 N–H and O–H groups in total. The maximum atomic E-state index is 11.8. The first-order valence-corrected chi connectivity index (χ1v) is 7.55. The van der Waals surface area contributed by atoms with Gasteiger partial charge >= 0.3 is 5.97 Å². The molecular formula is C16H12Cl2N2O4. The highest BCUT2D eigenvalue weighted by Gasteiger charge is 2.13. The number of Topliss-reactive ketones (excluding diaryl/α,β-unsaturated/α-hetero) is 1. The molecule has 0 aliphatic rings. The maximum absolute atomic E-state index is 11.8. The summed E-state index contributed by atoms with van der Waals surface area (Å²) < 4.78 is 4.82. The van der Waals surface area contributed by atoms with E-state index in [1.165, 1.54) is 30.5 Å². The Bertz CT molecular complexity index is 763. The maximum Gasteiger partial charge on any atom is 0.325 e. The highest BCUT2D eigenvalue weighted by molar-refractivity contribution is 6.31. The summed E-state index contributed by atoms with van der Waals surface area (Å²) in [5.74, 6) is -1.69. The van der Waals surface area contributed by atoms with Crippen LogP contribution in [0.4, 0.5) is 0 Å². The van der Waals surface area contributed by atoms with Crippen LogP contribution in [0.25, 0.3) is 0 Å². The number of hydrogen-bond acceptors (Lipinski definition) is 5. The lowest BCUT2D eigenvalue weighted by atomic mass is 10.1. The van der Waals surface area contributed by atoms with E-state index in [0.717, 1.165) is 0 Å². The highest BCUT2D eigenvalue weighted by Crippen LogP contribution is 2.10. The summed E-state index contributed by atoms with van der Waals surface area (Å²) in [4.78, 5) is 39.0. The Labute approximate surface area is 147 Å². The van der Waals surface area contributed by atoms with Crippen molar-refractivity contribution in [3.63, 3.8) is 0 Å². The lowest BCUT2D eigenvalue weighted by Gasteiger charge is -2.06. The molecule has 8 heteroatoms. The van der Waals surface area contributed by atoms with Crippen molar-refractivity contribution in [2.24, 2.45) is 0 Å². The monoisotopic (exact) mass is 366 g/mol. The SMILES string of the molecule is O=C(CNC(=O)c1cc(Cl)ccn1)OCC(=O)c1ccc(Cl)cc1. The topological polar surface area (TPSA) is 85.4 Å². The van der Waals surface area contributed by atoms with Crippen molar-refractivity contribution in [2.45, 2.75) is 0 Å². The van der Waals surface area contributed by atoms with Gasteiger partial charge in [0.15, 0.2) is 12.4 Å². The van der Waals surface area contributed by atoms with Gasteiger partial charge in [-0.15, -0.1) is 0 Å². The van der Waals surface area contributed by atoms with Gasteiger partial charge in [0, 0.05) is 21.8 Å². The lowest BCUT2D eigenvalue weighted by molar-refractivity contribution is -0.141. The van der Waals surface area contributed by atoms with Crippen molar-refractivity contribution >= 4 is 40.9 Å². The Morgan fingerprint density at radius 2 is 1.75 bits per heavy atom. The fraction of sp³-hybridized carbons (Fsp3) is 0.125. The molecule has 124 valence electrons. The summed E-state index contributed by atoms with van der Waals surface area (Å²) in [5, 5.41) is 3.19. The number of carbonyl (C=O) groups is 3. The number of nitrogens with zero attached hydrogens (tertiary/aromatic N) is 1. The van der Waals surface area contributed by atoms with Gasteiger partial charge in [0.2, 0.25) is 0 Å². The normalized spacial score (nSPS) is 10.1. The third-order valence-electron chi connectivity index (χ3n) is 2.88. The average Bonchev–Trinajstić information content (AvgIpc) is 2.58. The second kappa shape index (κ2) is 8.42. The molecule has 0 saturated heterocycles. The number of hydrogen-bond donors (Lipinski definition) is 1. The van der Waals surface area contributed by atoms with Crippen LogP contribution in [0.1, 0.15) is 20.8 Å². The fourth-order valence-electron chi connectivity index (χ4n) is 1.69. The van der Waals surface area contributed by atoms with Crippen molar-refractivity contribution in [2.75, 3.05) is 13.2 Å². The van der Waals surface area contributed by atoms with Gasteiger partial charge in [0.05, 0.1) is 0 Å². The molecule has 1 heterocycles. The molecule has 0 aliphatic carbocycles. The molecule has 1 amide bonds. The molecule has 2 aromatic rings. The van der Waals surface area contributed by atoms with Crippen LogP contribution in [0.3, 0.4) is 0 Å². The van der Waals surface area contributed by atoms with Gasteiger partial charge in [0.25, 0.3) is 5.91 Å². The summed E-state index contributed by atoms with van der Waals surface area (Å²) in [6, 6.07) is 9.08. The minimum absolute atomic E-state index is 0.0764. The van der Waals surface area contributed by atoms with Crippen molar-refractivity contribution in [1.82, 2.24) is 10.3 Å². The van der Waals surface area contributed by atoms with Crippen LogP contribution in [-0.4, -0.2) is 35.8 Å². The first-order valence-electron chi connectivity index (χ1n) is 6.80. The van der Waals surface area contributed by atoms with Crippen molar-refractivity contribution in [1.29, 1.82) is 0 Å². The first kappa shape index (κ1) is 17.9. The molecule has 6 nitrogen and oxygen atoms in total. The summed E-state index contributed by atoms with van der Waals surface area (Å²) in [7, 11) is 0. The van der Waals surface area contributed by atoms with E-state index in [9.17, 15) is 14.4 Å². The van der Waals surface area contributed by atoms with Crippen molar-refractivity contribution in [3.8, 4) is 0 Å². The van der Waals surface area contributed by atoms with E-state index in [1.54, 1.807) is 12.1 Å². The number of ketones is 1. The zero-order chi connectivity index (χ0) is 17.5. The molecule has 0 saturated carbocycles. The Balaban J connectivity index is 1.78. The number of carbonyl (C=O) groups excluding carboxylic acids is 3. The quantitative estimate of drug-likeness (QED) is 0.627. The highest BCUT2D eigenvalue weighted by atomic mass is 35.5. The molecule has 0 aliphatic heterocycles. The molecule has 1 aromatic carbocycles. The van der Waals surface area contributed by atoms with Crippen molar-refractivity contribution < 1.29 is 19.1 Å². The second-order valence-electron chi connectivity index (χ2n) is 4.63. The fourth-order valence-corrected chi connectivity index (χ4v) is 1.97. The zero-order valence-electron chi connectivity index (χ0n) is 12.3. The number of rotatable bonds is 6. The van der Waals surface area contributed by atoms with Gasteiger partial charge < -0.3 is 10.1 Å². The number of aromatic nitrogens is 1. The van der Waals surface area contributed by atoms with E-state index in [4.69, 9.17) is 27.9 Å². The Morgan fingerprint density at radius 1 is 1.04 bits per heavy atom. The number of ether oxygens (including phenoxy) is 1. The van der Waals surface area contributed by atoms with Gasteiger partial charge in [-0.2, -0.15) is 0 Å². The number of halogens is 2. The molecule has 0 fully saturated rings. The van der Waals surface area contributed by atoms with Crippen molar-refractivity contribution in [3.05, 3.63) is 63.9 Å². The van der Waals surface area contributed by atoms with Crippen LogP contribution >= 0.6 is 23.2 Å². The van der Waals surface area contributed by atoms with Crippen LogP contribution in [0.2, 0.25) is 10.0 Å². The largest absolute Gasteiger partial charge is 0.456 e. The summed E-state index contributed by atoms with van der Waals surface area (Å²) >= 11 is 11.5. The molecule has 0 spiro atoms. The van der Waals surface area contributed by atoms with Crippen LogP contribution < -0.4 is 5.32 Å². The molecule has 0 unspecified atom stereocenters. The summed E-state index contributed by atoms with van der Waals surface area (Å²) in [6.07, 6.45) is 1.38. The smallest absolute Gasteiger partial charge is 0.325 e. The number of benzene rings is 1. The molecule has 0 atom stereocenters. The minimum atomic E-state index is -0.743. The van der Waals surface area contributed by atoms with Gasteiger partial charge in [-0.25, -0.2) is 0 Å². The third-order valence-corrected chi connectivity index (χ3v) is 3.37. The summed E-state index contributed by atoms with van der Waals surface area (Å²) in [5.41, 5.74) is 0.451. The number of pyridine rings is 1. The van der Waals surface area contributed by atoms with E-state index in [1.807, 2.05) is 0 Å². The predicted molar refractivity (Wildman–Crippen MR) is 88.3 cm³/mol. The second-order valence-corrected chi connectivity index (χ2v) is 5.51. The first-order chi connectivity index (χ1) is 11.5. The molecular weight excluding hydrogens is 355 g/mol.